The summed E-state index contributed by atoms with van der Waals surface area (Å²) in [4.78, 5) is 1.18. The van der Waals surface area contributed by atoms with Crippen molar-refractivity contribution in [2.45, 2.75) is 12.3 Å². The molecule has 2 rings (SSSR count). The Morgan fingerprint density at radius 2 is 2.06 bits per heavy atom. The number of nitrogens with one attached hydrogen (secondary N) is 1. The molecule has 0 aliphatic rings. The molecule has 0 radical (unpaired) electrons. The molecule has 0 amide bonds. The lowest BCUT2D eigenvalue weighted by Crippen LogP contribution is -2.19. The molecule has 2 aromatic rings. The van der Waals surface area contributed by atoms with Gasteiger partial charge in [0.05, 0.1) is 4.34 Å². The van der Waals surface area contributed by atoms with Crippen LogP contribution in [0, 0.1) is 5.82 Å². The molecule has 1 heterocycles. The van der Waals surface area contributed by atoms with Gasteiger partial charge in [0.25, 0.3) is 0 Å². The molecule has 0 spiro atoms. The van der Waals surface area contributed by atoms with Crippen LogP contribution in [0.25, 0.3) is 0 Å². The fourth-order valence-electron chi connectivity index (χ4n) is 2.05. The first-order chi connectivity index (χ1) is 8.70. The van der Waals surface area contributed by atoms with Crippen LogP contribution in [0.3, 0.4) is 0 Å². The van der Waals surface area contributed by atoms with Crippen LogP contribution in [0.1, 0.15) is 16.4 Å². The van der Waals surface area contributed by atoms with Crippen molar-refractivity contribution in [1.82, 2.24) is 5.32 Å². The average molecular weight is 284 g/mol. The van der Waals surface area contributed by atoms with Crippen molar-refractivity contribution in [1.29, 1.82) is 0 Å². The maximum Gasteiger partial charge on any atom is 0.126 e. The van der Waals surface area contributed by atoms with Crippen LogP contribution >= 0.6 is 22.9 Å². The summed E-state index contributed by atoms with van der Waals surface area (Å²) in [7, 11) is 1.88. The fourth-order valence-corrected chi connectivity index (χ4v) is 3.22. The third-order valence-corrected chi connectivity index (χ3v) is 4.13. The zero-order valence-corrected chi connectivity index (χ0v) is 11.7. The molecule has 0 aliphatic carbocycles. The van der Waals surface area contributed by atoms with Crippen LogP contribution in [0.15, 0.2) is 36.4 Å². The van der Waals surface area contributed by atoms with Gasteiger partial charge in [-0.15, -0.1) is 11.3 Å². The van der Waals surface area contributed by atoms with Gasteiger partial charge in [-0.05, 0) is 37.2 Å². The number of hydrogen-bond donors (Lipinski definition) is 1. The summed E-state index contributed by atoms with van der Waals surface area (Å²) in [5.74, 6) is -0.00804. The van der Waals surface area contributed by atoms with Crippen molar-refractivity contribution in [3.63, 3.8) is 0 Å². The second-order valence-electron chi connectivity index (χ2n) is 4.19. The summed E-state index contributed by atoms with van der Waals surface area (Å²) in [6.07, 6.45) is 0.805. The minimum atomic E-state index is -0.139. The van der Waals surface area contributed by atoms with E-state index in [0.717, 1.165) is 22.9 Å². The number of thiophene rings is 1. The maximum absolute atomic E-state index is 13.8. The first kappa shape index (κ1) is 13.5. The molecule has 0 fully saturated rings. The predicted octanol–water partition coefficient (Wildman–Crippen LogP) is 4.09. The number of likely N-dealkylation sites (N-methyl/N-ethyl adjacent to an activating group) is 1. The lowest BCUT2D eigenvalue weighted by molar-refractivity contribution is 0.558. The summed E-state index contributed by atoms with van der Waals surface area (Å²) in [6, 6.07) is 10.9. The third-order valence-electron chi connectivity index (χ3n) is 2.87. The quantitative estimate of drug-likeness (QED) is 0.872. The molecule has 0 bridgehead atoms. The van der Waals surface area contributed by atoms with Crippen LogP contribution < -0.4 is 5.32 Å². The van der Waals surface area contributed by atoms with Crippen LogP contribution in [0.2, 0.25) is 4.34 Å². The second kappa shape index (κ2) is 6.32. The lowest BCUT2D eigenvalue weighted by atomic mass is 9.94. The maximum atomic E-state index is 13.8. The van der Waals surface area contributed by atoms with Crippen molar-refractivity contribution >= 4 is 22.9 Å². The standard InChI is InChI=1S/C14H15ClFNS/c1-17-9-10(8-11-6-7-14(15)18-11)12-4-2-3-5-13(12)16/h2-7,10,17H,8-9H2,1H3. The van der Waals surface area contributed by atoms with E-state index in [0.29, 0.717) is 0 Å². The highest BCUT2D eigenvalue weighted by molar-refractivity contribution is 7.16. The van der Waals surface area contributed by atoms with Crippen LogP contribution in [0.5, 0.6) is 0 Å². The van der Waals surface area contributed by atoms with Crippen molar-refractivity contribution in [3.8, 4) is 0 Å². The van der Waals surface area contributed by atoms with Gasteiger partial charge in [0.15, 0.2) is 0 Å². The average Bonchev–Trinajstić information content (AvgIpc) is 2.75. The number of hydrogen-bond acceptors (Lipinski definition) is 2. The Hall–Kier alpha value is -0.900. The van der Waals surface area contributed by atoms with Gasteiger partial charge in [-0.1, -0.05) is 29.8 Å². The van der Waals surface area contributed by atoms with Crippen LogP contribution in [-0.4, -0.2) is 13.6 Å². The van der Waals surface area contributed by atoms with Crippen LogP contribution in [0.4, 0.5) is 4.39 Å². The highest BCUT2D eigenvalue weighted by Gasteiger charge is 2.16. The Bertz CT molecular complexity index is 512. The van der Waals surface area contributed by atoms with Gasteiger partial charge in [-0.2, -0.15) is 0 Å². The molecule has 1 aromatic heterocycles. The highest BCUT2D eigenvalue weighted by atomic mass is 35.5. The Kier molecular flexibility index (Phi) is 4.75. The van der Waals surface area contributed by atoms with E-state index in [4.69, 9.17) is 11.6 Å². The van der Waals surface area contributed by atoms with E-state index in [-0.39, 0.29) is 11.7 Å². The highest BCUT2D eigenvalue weighted by Crippen LogP contribution is 2.28. The molecule has 1 atom stereocenters. The van der Waals surface area contributed by atoms with Gasteiger partial charge in [0, 0.05) is 17.3 Å². The summed E-state index contributed by atoms with van der Waals surface area (Å²) in [5, 5.41) is 3.13. The number of rotatable bonds is 5. The molecule has 18 heavy (non-hydrogen) atoms. The van der Waals surface area contributed by atoms with E-state index in [9.17, 15) is 4.39 Å². The van der Waals surface area contributed by atoms with E-state index in [2.05, 4.69) is 5.32 Å². The molecule has 1 unspecified atom stereocenters. The van der Waals surface area contributed by atoms with Gasteiger partial charge in [-0.25, -0.2) is 4.39 Å². The molecule has 4 heteroatoms. The minimum Gasteiger partial charge on any atom is -0.319 e. The van der Waals surface area contributed by atoms with E-state index in [1.807, 2.05) is 31.3 Å². The van der Waals surface area contributed by atoms with Gasteiger partial charge in [0.2, 0.25) is 0 Å². The molecule has 1 N–H and O–H groups in total. The first-order valence-corrected chi connectivity index (χ1v) is 7.03. The smallest absolute Gasteiger partial charge is 0.126 e. The van der Waals surface area contributed by atoms with Gasteiger partial charge >= 0.3 is 0 Å². The van der Waals surface area contributed by atoms with Crippen molar-refractivity contribution in [2.75, 3.05) is 13.6 Å². The Morgan fingerprint density at radius 3 is 2.67 bits per heavy atom. The summed E-state index contributed by atoms with van der Waals surface area (Å²) < 4.78 is 14.6. The summed E-state index contributed by atoms with van der Waals surface area (Å²) >= 11 is 7.48. The molecular weight excluding hydrogens is 269 g/mol. The van der Waals surface area contributed by atoms with Crippen molar-refractivity contribution in [2.24, 2.45) is 0 Å². The van der Waals surface area contributed by atoms with Crippen molar-refractivity contribution < 1.29 is 4.39 Å². The molecular formula is C14H15ClFNS. The number of benzene rings is 1. The molecule has 1 nitrogen and oxygen atoms in total. The first-order valence-electron chi connectivity index (χ1n) is 5.84. The van der Waals surface area contributed by atoms with Gasteiger partial charge in [0.1, 0.15) is 5.82 Å². The molecule has 1 aromatic carbocycles. The largest absolute Gasteiger partial charge is 0.319 e. The fraction of sp³-hybridized carbons (Fsp3) is 0.286. The molecule has 0 saturated heterocycles. The van der Waals surface area contributed by atoms with Gasteiger partial charge in [-0.3, -0.25) is 0 Å². The van der Waals surface area contributed by atoms with Crippen LogP contribution in [-0.2, 0) is 6.42 Å². The van der Waals surface area contributed by atoms with E-state index in [1.165, 1.54) is 10.9 Å². The van der Waals surface area contributed by atoms with Crippen molar-refractivity contribution in [3.05, 3.63) is 57.0 Å². The number of halogens is 2. The zero-order valence-electron chi connectivity index (χ0n) is 10.1. The normalized spacial score (nSPS) is 12.6. The zero-order chi connectivity index (χ0) is 13.0. The SMILES string of the molecule is CNCC(Cc1ccc(Cl)s1)c1ccccc1F. The Balaban J connectivity index is 2.20. The monoisotopic (exact) mass is 283 g/mol. The topological polar surface area (TPSA) is 12.0 Å². The van der Waals surface area contributed by atoms with Gasteiger partial charge < -0.3 is 5.32 Å². The Morgan fingerprint density at radius 1 is 1.28 bits per heavy atom. The van der Waals surface area contributed by atoms with E-state index in [1.54, 1.807) is 17.4 Å². The second-order valence-corrected chi connectivity index (χ2v) is 5.99. The van der Waals surface area contributed by atoms with E-state index >= 15 is 0 Å². The molecule has 0 aliphatic heterocycles. The Labute approximate surface area is 116 Å². The lowest BCUT2D eigenvalue weighted by Gasteiger charge is -2.16. The predicted molar refractivity (Wildman–Crippen MR) is 76.1 cm³/mol. The third kappa shape index (κ3) is 3.31. The summed E-state index contributed by atoms with van der Waals surface area (Å²) in [6.45, 7) is 0.746. The summed E-state index contributed by atoms with van der Waals surface area (Å²) in [5.41, 5.74) is 0.761. The van der Waals surface area contributed by atoms with E-state index < -0.39 is 0 Å². The molecule has 0 saturated carbocycles. The minimum absolute atomic E-state index is 0.130. The molecule has 96 valence electrons.